The topological polar surface area (TPSA) is 3.24 Å². The van der Waals surface area contributed by atoms with E-state index >= 15 is 0 Å². The maximum absolute atomic E-state index is 2.48. The van der Waals surface area contributed by atoms with Gasteiger partial charge in [0.25, 0.3) is 0 Å². The smallest absolute Gasteiger partial charge is 0.0520 e. The van der Waals surface area contributed by atoms with Crippen LogP contribution in [0.15, 0.2) is 170 Å². The summed E-state index contributed by atoms with van der Waals surface area (Å²) in [5.74, 6) is 0. The van der Waals surface area contributed by atoms with Gasteiger partial charge in [-0.15, -0.1) is 0 Å². The van der Waals surface area contributed by atoms with E-state index in [1.54, 1.807) is 0 Å². The Bertz CT molecular complexity index is 3170. The van der Waals surface area contributed by atoms with Crippen LogP contribution in [0.3, 0.4) is 0 Å². The fraction of sp³-hybridized carbons (Fsp3) is 0.180. The molecule has 1 aliphatic carbocycles. The van der Waals surface area contributed by atoms with Crippen molar-refractivity contribution >= 4 is 38.6 Å². The Kier molecular flexibility index (Phi) is 9.38. The molecule has 0 saturated carbocycles. The van der Waals surface area contributed by atoms with Gasteiger partial charge >= 0.3 is 0 Å². The Morgan fingerprint density at radius 3 is 1.27 bits per heavy atom. The molecule has 10 rings (SSSR count). The summed E-state index contributed by atoms with van der Waals surface area (Å²) in [4.78, 5) is 2.48. The second-order valence-electron chi connectivity index (χ2n) is 19.7. The van der Waals surface area contributed by atoms with E-state index in [4.69, 9.17) is 0 Å². The number of nitrogens with zero attached hydrogens (tertiary/aromatic N) is 1. The van der Waals surface area contributed by atoms with Crippen LogP contribution in [0.2, 0.25) is 0 Å². The second-order valence-corrected chi connectivity index (χ2v) is 19.7. The van der Waals surface area contributed by atoms with E-state index in [1.165, 1.54) is 116 Å². The molecular formula is C61H55N. The lowest BCUT2D eigenvalue weighted by atomic mass is 9.77. The minimum Gasteiger partial charge on any atom is -0.310 e. The number of benzene rings is 9. The first-order valence-electron chi connectivity index (χ1n) is 22.2. The van der Waals surface area contributed by atoms with Crippen molar-refractivity contribution in [1.29, 1.82) is 0 Å². The van der Waals surface area contributed by atoms with Gasteiger partial charge in [0.05, 0.1) is 5.69 Å². The van der Waals surface area contributed by atoms with E-state index in [9.17, 15) is 0 Å². The molecule has 0 radical (unpaired) electrons. The fourth-order valence-corrected chi connectivity index (χ4v) is 9.59. The van der Waals surface area contributed by atoms with Gasteiger partial charge in [-0.1, -0.05) is 157 Å². The maximum Gasteiger partial charge on any atom is 0.0520 e. The minimum atomic E-state index is 0.0955. The number of aryl methyl sites for hydroxylation is 3. The molecule has 0 N–H and O–H groups in total. The van der Waals surface area contributed by atoms with E-state index in [2.05, 4.69) is 237 Å². The molecule has 0 unspecified atom stereocenters. The number of rotatable bonds is 6. The summed E-state index contributed by atoms with van der Waals surface area (Å²) in [5, 5.41) is 5.03. The molecule has 0 heterocycles. The third kappa shape index (κ3) is 6.91. The van der Waals surface area contributed by atoms with Crippen LogP contribution in [-0.4, -0.2) is 0 Å². The fourth-order valence-electron chi connectivity index (χ4n) is 9.59. The predicted octanol–water partition coefficient (Wildman–Crippen LogP) is 17.6. The maximum atomic E-state index is 2.48. The van der Waals surface area contributed by atoms with Crippen molar-refractivity contribution in [3.8, 4) is 55.6 Å². The molecule has 1 heteroatoms. The molecule has 0 spiro atoms. The highest BCUT2D eigenvalue weighted by atomic mass is 15.1. The molecule has 9 aromatic carbocycles. The van der Waals surface area contributed by atoms with Gasteiger partial charge in [0.15, 0.2) is 0 Å². The van der Waals surface area contributed by atoms with Crippen molar-refractivity contribution in [2.75, 3.05) is 4.90 Å². The highest BCUT2D eigenvalue weighted by molar-refractivity contribution is 6.13. The highest BCUT2D eigenvalue weighted by Crippen LogP contribution is 2.52. The summed E-state index contributed by atoms with van der Waals surface area (Å²) >= 11 is 0. The molecule has 0 amide bonds. The Balaban J connectivity index is 1.09. The van der Waals surface area contributed by atoms with Crippen LogP contribution in [0.4, 0.5) is 17.1 Å². The van der Waals surface area contributed by atoms with Crippen LogP contribution in [0.25, 0.3) is 77.2 Å². The summed E-state index contributed by atoms with van der Waals surface area (Å²) in [5.41, 5.74) is 23.0. The minimum absolute atomic E-state index is 0.0955. The summed E-state index contributed by atoms with van der Waals surface area (Å²) in [6, 6.07) is 64.3. The quantitative estimate of drug-likeness (QED) is 0.162. The monoisotopic (exact) mass is 801 g/mol. The third-order valence-corrected chi connectivity index (χ3v) is 13.3. The van der Waals surface area contributed by atoms with E-state index in [1.807, 2.05) is 0 Å². The molecule has 0 fully saturated rings. The molecule has 1 nitrogen and oxygen atoms in total. The first-order chi connectivity index (χ1) is 29.7. The average Bonchev–Trinajstić information content (AvgIpc) is 3.26. The van der Waals surface area contributed by atoms with Crippen molar-refractivity contribution in [3.05, 3.63) is 198 Å². The van der Waals surface area contributed by atoms with Crippen molar-refractivity contribution in [2.45, 2.75) is 73.1 Å². The summed E-state index contributed by atoms with van der Waals surface area (Å²) in [6.45, 7) is 20.4. The van der Waals surface area contributed by atoms with Crippen molar-refractivity contribution in [1.82, 2.24) is 0 Å². The average molecular weight is 802 g/mol. The zero-order chi connectivity index (χ0) is 43.1. The molecular weight excluding hydrogens is 747 g/mol. The van der Waals surface area contributed by atoms with Gasteiger partial charge < -0.3 is 4.90 Å². The number of anilines is 3. The van der Waals surface area contributed by atoms with Crippen molar-refractivity contribution in [3.63, 3.8) is 0 Å². The van der Waals surface area contributed by atoms with Crippen LogP contribution >= 0.6 is 0 Å². The molecule has 0 atom stereocenters. The number of para-hydroxylation sites is 1. The summed E-state index contributed by atoms with van der Waals surface area (Å²) < 4.78 is 0. The van der Waals surface area contributed by atoms with Crippen LogP contribution in [0, 0.1) is 20.8 Å². The zero-order valence-corrected chi connectivity index (χ0v) is 37.6. The van der Waals surface area contributed by atoms with Gasteiger partial charge in [0.1, 0.15) is 0 Å². The number of fused-ring (bicyclic) bond motifs is 6. The Morgan fingerprint density at radius 2 is 0.774 bits per heavy atom. The van der Waals surface area contributed by atoms with E-state index < -0.39 is 0 Å². The van der Waals surface area contributed by atoms with Gasteiger partial charge in [0, 0.05) is 11.4 Å². The summed E-state index contributed by atoms with van der Waals surface area (Å²) in [6.07, 6.45) is 0. The Hall–Kier alpha value is -6.70. The van der Waals surface area contributed by atoms with Crippen LogP contribution < -0.4 is 4.90 Å². The second kappa shape index (κ2) is 14.7. The van der Waals surface area contributed by atoms with E-state index in [-0.39, 0.29) is 10.8 Å². The molecule has 0 saturated heterocycles. The van der Waals surface area contributed by atoms with Gasteiger partial charge in [0.2, 0.25) is 0 Å². The highest BCUT2D eigenvalue weighted by Gasteiger charge is 2.26. The Morgan fingerprint density at radius 1 is 0.323 bits per heavy atom. The molecule has 0 aliphatic heterocycles. The van der Waals surface area contributed by atoms with E-state index in [0.717, 1.165) is 5.69 Å². The first kappa shape index (κ1) is 39.4. The largest absolute Gasteiger partial charge is 0.310 e. The van der Waals surface area contributed by atoms with E-state index in [0.29, 0.717) is 0 Å². The van der Waals surface area contributed by atoms with Crippen molar-refractivity contribution in [2.24, 2.45) is 0 Å². The lowest BCUT2D eigenvalue weighted by Crippen LogP contribution is -2.14. The van der Waals surface area contributed by atoms with Gasteiger partial charge in [-0.05, 0) is 191 Å². The predicted molar refractivity (Wildman–Crippen MR) is 268 cm³/mol. The molecule has 62 heavy (non-hydrogen) atoms. The third-order valence-electron chi connectivity index (χ3n) is 13.3. The number of hydrogen-bond acceptors (Lipinski definition) is 1. The van der Waals surface area contributed by atoms with Crippen molar-refractivity contribution < 1.29 is 0 Å². The normalized spacial score (nSPS) is 12.3. The lowest BCUT2D eigenvalue weighted by Gasteiger charge is -2.31. The van der Waals surface area contributed by atoms with Crippen LogP contribution in [-0.2, 0) is 10.8 Å². The molecule has 9 aromatic rings. The first-order valence-corrected chi connectivity index (χ1v) is 22.2. The van der Waals surface area contributed by atoms with Crippen LogP contribution in [0.1, 0.15) is 69.4 Å². The molecule has 0 aromatic heterocycles. The van der Waals surface area contributed by atoms with Gasteiger partial charge in [-0.2, -0.15) is 0 Å². The molecule has 0 bridgehead atoms. The number of hydrogen-bond donors (Lipinski definition) is 0. The van der Waals surface area contributed by atoms with Gasteiger partial charge in [-0.25, -0.2) is 0 Å². The van der Waals surface area contributed by atoms with Gasteiger partial charge in [-0.3, -0.25) is 0 Å². The SMILES string of the molecule is Cc1ccc(-c2ccccc2)cc1N(c1ccc2cc3c(cc2c1)-c1cc2cc(-c4ccc(C(C)(C)C)cc4)c(-c4ccc(C(C)(C)C)cc4)cc2cc1-3)c1c(C)cccc1C. The zero-order valence-electron chi connectivity index (χ0n) is 37.6. The summed E-state index contributed by atoms with van der Waals surface area (Å²) in [7, 11) is 0. The standard InChI is InChI=1S/C61H55N/c1-38-18-19-45(41-16-11-10-12-17-41)37-58(38)62(59-39(2)14-13-15-40(59)3)51-29-24-44-31-54-55(34-46(44)30-51)57-36-48-33-53(43-22-27-50(28-23-43)61(7,8)9)52(32-47(48)35-56(54)57)42-20-25-49(26-21-42)60(4,5)6/h10-37H,1-9H3. The molecule has 1 aliphatic rings. The van der Waals surface area contributed by atoms with Crippen LogP contribution in [0.5, 0.6) is 0 Å². The lowest BCUT2D eigenvalue weighted by molar-refractivity contribution is 0.590. The molecule has 304 valence electrons. The Labute approximate surface area is 368 Å².